The van der Waals surface area contributed by atoms with E-state index in [1.807, 2.05) is 26.0 Å². The number of pyridine rings is 1. The number of alkyl halides is 6. The Bertz CT molecular complexity index is 1130. The van der Waals surface area contributed by atoms with Crippen LogP contribution in [-0.2, 0) is 20.9 Å². The molecule has 4 rings (SSSR count). The van der Waals surface area contributed by atoms with Crippen LogP contribution in [0.1, 0.15) is 36.3 Å². The number of halogens is 6. The summed E-state index contributed by atoms with van der Waals surface area (Å²) < 4.78 is 75.4. The van der Waals surface area contributed by atoms with Crippen molar-refractivity contribution in [2.75, 3.05) is 26.3 Å². The van der Waals surface area contributed by atoms with Crippen molar-refractivity contribution in [1.29, 1.82) is 0 Å². The standard InChI is InChI=1S/C21H28N4O2.2C2HF3O2/c1-16-4-3-5-19(23-16)13-25-14-21(15-25)12-18(8-11-27-21)7-10-26-20-22-9-6-17(2)24-20;2*3-2(4,5)1(6)7/h3-6,9,18H,7-8,10-15H2,1-2H3;2*(H,6,7). The summed E-state index contributed by atoms with van der Waals surface area (Å²) in [6, 6.07) is 8.59. The van der Waals surface area contributed by atoms with Crippen LogP contribution in [0.5, 0.6) is 6.01 Å². The zero-order chi connectivity index (χ0) is 30.8. The Kier molecular flexibility index (Phi) is 11.8. The number of aliphatic carboxylic acids is 2. The molecule has 2 aromatic heterocycles. The minimum atomic E-state index is -5.08. The molecular weight excluding hydrogens is 566 g/mol. The fourth-order valence-electron chi connectivity index (χ4n) is 4.21. The average molecular weight is 597 g/mol. The van der Waals surface area contributed by atoms with Gasteiger partial charge in [0.1, 0.15) is 0 Å². The lowest BCUT2D eigenvalue weighted by Gasteiger charge is -2.53. The van der Waals surface area contributed by atoms with Crippen molar-refractivity contribution in [1.82, 2.24) is 19.9 Å². The van der Waals surface area contributed by atoms with Crippen molar-refractivity contribution < 1.29 is 55.6 Å². The third-order valence-electron chi connectivity index (χ3n) is 5.97. The second kappa shape index (κ2) is 14.4. The highest BCUT2D eigenvalue weighted by molar-refractivity contribution is 5.73. The Labute approximate surface area is 231 Å². The maximum absolute atomic E-state index is 10.6. The Morgan fingerprint density at radius 2 is 1.61 bits per heavy atom. The number of hydrogen-bond acceptors (Lipinski definition) is 8. The van der Waals surface area contributed by atoms with Crippen molar-refractivity contribution in [3.63, 3.8) is 0 Å². The van der Waals surface area contributed by atoms with E-state index in [2.05, 4.69) is 32.0 Å². The minimum Gasteiger partial charge on any atom is -0.475 e. The summed E-state index contributed by atoms with van der Waals surface area (Å²) in [5, 5.41) is 14.2. The topological polar surface area (TPSA) is 135 Å². The predicted molar refractivity (Wildman–Crippen MR) is 130 cm³/mol. The molecular formula is C25H30F6N4O6. The number of aryl methyl sites for hydroxylation is 2. The average Bonchev–Trinajstić information content (AvgIpc) is 2.83. The van der Waals surface area contributed by atoms with Crippen LogP contribution in [0.3, 0.4) is 0 Å². The monoisotopic (exact) mass is 596 g/mol. The molecule has 0 amide bonds. The number of aromatic nitrogens is 3. The highest BCUT2D eigenvalue weighted by Gasteiger charge is 2.47. The molecule has 10 nitrogen and oxygen atoms in total. The van der Waals surface area contributed by atoms with E-state index in [0.29, 0.717) is 18.5 Å². The second-order valence-electron chi connectivity index (χ2n) is 9.53. The first-order valence-corrected chi connectivity index (χ1v) is 12.3. The van der Waals surface area contributed by atoms with Crippen molar-refractivity contribution in [2.24, 2.45) is 5.92 Å². The van der Waals surface area contributed by atoms with Crippen molar-refractivity contribution in [3.8, 4) is 6.01 Å². The molecule has 2 fully saturated rings. The number of carboxylic acid groups (broad SMARTS) is 2. The Morgan fingerprint density at radius 1 is 1.02 bits per heavy atom. The molecule has 0 radical (unpaired) electrons. The summed E-state index contributed by atoms with van der Waals surface area (Å²) >= 11 is 0. The molecule has 2 aliphatic rings. The lowest BCUT2D eigenvalue weighted by atomic mass is 9.79. The van der Waals surface area contributed by atoms with Crippen LogP contribution in [0.4, 0.5) is 26.3 Å². The van der Waals surface area contributed by atoms with Crippen LogP contribution in [0.15, 0.2) is 30.5 Å². The van der Waals surface area contributed by atoms with Gasteiger partial charge in [-0.25, -0.2) is 19.6 Å². The molecule has 0 aliphatic carbocycles. The van der Waals surface area contributed by atoms with Gasteiger partial charge in [-0.3, -0.25) is 9.88 Å². The van der Waals surface area contributed by atoms with E-state index in [0.717, 1.165) is 62.6 Å². The van der Waals surface area contributed by atoms with E-state index >= 15 is 0 Å². The molecule has 2 aromatic rings. The number of likely N-dealkylation sites (tertiary alicyclic amines) is 1. The fourth-order valence-corrected chi connectivity index (χ4v) is 4.21. The van der Waals surface area contributed by atoms with E-state index in [9.17, 15) is 26.3 Å². The molecule has 0 bridgehead atoms. The SMILES string of the molecule is Cc1cccc(CN2CC3(CC(CCOc4nccc(C)n4)CCO3)C2)n1.O=C(O)C(F)(F)F.O=C(O)C(F)(F)F. The van der Waals surface area contributed by atoms with E-state index in [1.54, 1.807) is 6.20 Å². The van der Waals surface area contributed by atoms with Gasteiger partial charge in [-0.1, -0.05) is 6.07 Å². The zero-order valence-electron chi connectivity index (χ0n) is 22.2. The molecule has 0 aromatic carbocycles. The highest BCUT2D eigenvalue weighted by Crippen LogP contribution is 2.38. The number of ether oxygens (including phenoxy) is 2. The van der Waals surface area contributed by atoms with Gasteiger partial charge < -0.3 is 19.7 Å². The van der Waals surface area contributed by atoms with Crippen LogP contribution < -0.4 is 4.74 Å². The molecule has 4 heterocycles. The Morgan fingerprint density at radius 3 is 2.15 bits per heavy atom. The third-order valence-corrected chi connectivity index (χ3v) is 5.97. The van der Waals surface area contributed by atoms with E-state index < -0.39 is 24.3 Å². The predicted octanol–water partition coefficient (Wildman–Crippen LogP) is 4.21. The largest absolute Gasteiger partial charge is 0.490 e. The molecule has 1 spiro atoms. The summed E-state index contributed by atoms with van der Waals surface area (Å²) in [5.41, 5.74) is 3.19. The van der Waals surface area contributed by atoms with Gasteiger partial charge in [0.25, 0.3) is 0 Å². The number of carboxylic acids is 2. The van der Waals surface area contributed by atoms with Gasteiger partial charge in [0, 0.05) is 43.8 Å². The zero-order valence-corrected chi connectivity index (χ0v) is 22.2. The van der Waals surface area contributed by atoms with Gasteiger partial charge in [0.15, 0.2) is 0 Å². The maximum atomic E-state index is 10.6. The van der Waals surface area contributed by atoms with Crippen LogP contribution in [0.25, 0.3) is 0 Å². The van der Waals surface area contributed by atoms with Gasteiger partial charge in [0.2, 0.25) is 0 Å². The summed E-state index contributed by atoms with van der Waals surface area (Å²) in [5.74, 6) is -4.87. The second-order valence-corrected chi connectivity index (χ2v) is 9.53. The number of hydrogen-bond donors (Lipinski definition) is 2. The molecule has 2 N–H and O–H groups in total. The van der Waals surface area contributed by atoms with Gasteiger partial charge >= 0.3 is 30.3 Å². The van der Waals surface area contributed by atoms with Crippen LogP contribution >= 0.6 is 0 Å². The molecule has 16 heteroatoms. The fraction of sp³-hybridized carbons (Fsp3) is 0.560. The number of rotatable bonds is 6. The first-order valence-electron chi connectivity index (χ1n) is 12.3. The van der Waals surface area contributed by atoms with Gasteiger partial charge in [-0.15, -0.1) is 0 Å². The molecule has 1 atom stereocenters. The first-order chi connectivity index (χ1) is 19.0. The normalized spacial score (nSPS) is 18.2. The van der Waals surface area contributed by atoms with Gasteiger partial charge in [-0.2, -0.15) is 26.3 Å². The van der Waals surface area contributed by atoms with E-state index in [-0.39, 0.29) is 5.60 Å². The van der Waals surface area contributed by atoms with Crippen molar-refractivity contribution in [2.45, 2.75) is 57.6 Å². The summed E-state index contributed by atoms with van der Waals surface area (Å²) in [6.07, 6.45) is -5.17. The smallest absolute Gasteiger partial charge is 0.475 e. The number of nitrogens with zero attached hydrogens (tertiary/aromatic N) is 4. The Hall–Kier alpha value is -3.53. The van der Waals surface area contributed by atoms with Crippen LogP contribution in [0.2, 0.25) is 0 Å². The quantitative estimate of drug-likeness (QED) is 0.467. The van der Waals surface area contributed by atoms with Crippen molar-refractivity contribution >= 4 is 11.9 Å². The van der Waals surface area contributed by atoms with Crippen LogP contribution in [0, 0.1) is 19.8 Å². The molecule has 2 aliphatic heterocycles. The Balaban J connectivity index is 0.000000349. The molecule has 2 saturated heterocycles. The summed E-state index contributed by atoms with van der Waals surface area (Å²) in [4.78, 5) is 33.3. The van der Waals surface area contributed by atoms with E-state index in [1.165, 1.54) is 0 Å². The molecule has 0 saturated carbocycles. The van der Waals surface area contributed by atoms with E-state index in [4.69, 9.17) is 29.3 Å². The maximum Gasteiger partial charge on any atom is 0.490 e. The lowest BCUT2D eigenvalue weighted by Crippen LogP contribution is -2.64. The first kappa shape index (κ1) is 33.7. The number of carbonyl (C=O) groups is 2. The molecule has 228 valence electrons. The van der Waals surface area contributed by atoms with Crippen LogP contribution in [-0.4, -0.2) is 86.3 Å². The van der Waals surface area contributed by atoms with Gasteiger partial charge in [0.05, 0.1) is 17.9 Å². The highest BCUT2D eigenvalue weighted by atomic mass is 19.4. The summed E-state index contributed by atoms with van der Waals surface area (Å²) in [6.45, 7) is 8.42. The lowest BCUT2D eigenvalue weighted by molar-refractivity contribution is -0.193. The third kappa shape index (κ3) is 11.9. The molecule has 1 unspecified atom stereocenters. The summed E-state index contributed by atoms with van der Waals surface area (Å²) in [7, 11) is 0. The molecule has 41 heavy (non-hydrogen) atoms. The van der Waals surface area contributed by atoms with Crippen molar-refractivity contribution in [3.05, 3.63) is 47.5 Å². The minimum absolute atomic E-state index is 0.0343. The van der Waals surface area contributed by atoms with Gasteiger partial charge in [-0.05, 0) is 57.2 Å².